The molecule has 0 radical (unpaired) electrons. The molecule has 142 valence electrons. The zero-order valence-electron chi connectivity index (χ0n) is 15.0. The molecule has 5 nitrogen and oxygen atoms in total. The smallest absolute Gasteiger partial charge is 0.252 e. The van der Waals surface area contributed by atoms with Crippen molar-refractivity contribution in [3.05, 3.63) is 86.8 Å². The first-order valence-corrected chi connectivity index (χ1v) is 10.1. The predicted molar refractivity (Wildman–Crippen MR) is 114 cm³/mol. The molecule has 0 aliphatic carbocycles. The number of fused-ring (bicyclic) bond motifs is 1. The lowest BCUT2D eigenvalue weighted by Gasteiger charge is -2.18. The Bertz CT molecular complexity index is 1120. The van der Waals surface area contributed by atoms with Gasteiger partial charge in [0.2, 0.25) is 0 Å². The van der Waals surface area contributed by atoms with E-state index in [1.165, 1.54) is 0 Å². The predicted octanol–water partition coefficient (Wildman–Crippen LogP) is 4.30. The highest BCUT2D eigenvalue weighted by Crippen LogP contribution is 2.25. The Balaban J connectivity index is 1.56. The number of aromatic nitrogens is 2. The summed E-state index contributed by atoms with van der Waals surface area (Å²) in [6, 6.07) is 13.0. The molecule has 3 aromatic heterocycles. The molecule has 0 fully saturated rings. The number of hydrogen-bond donors (Lipinski definition) is 3. The zero-order valence-corrected chi connectivity index (χ0v) is 16.6. The lowest BCUT2D eigenvalue weighted by atomic mass is 10.0. The van der Waals surface area contributed by atoms with Crippen LogP contribution in [0.25, 0.3) is 11.0 Å². The van der Waals surface area contributed by atoms with Gasteiger partial charge in [-0.3, -0.25) is 4.79 Å². The van der Waals surface area contributed by atoms with Crippen LogP contribution in [0.15, 0.2) is 60.2 Å². The molecule has 1 amide bonds. The molecule has 1 atom stereocenters. The van der Waals surface area contributed by atoms with Crippen LogP contribution in [0.3, 0.4) is 0 Å². The highest BCUT2D eigenvalue weighted by atomic mass is 35.5. The average Bonchev–Trinajstić information content (AvgIpc) is 3.35. The molecule has 0 aliphatic rings. The van der Waals surface area contributed by atoms with Crippen LogP contribution in [-0.2, 0) is 6.42 Å². The van der Waals surface area contributed by atoms with Crippen LogP contribution in [0.2, 0.25) is 5.02 Å². The third-order valence-corrected chi connectivity index (χ3v) is 5.84. The van der Waals surface area contributed by atoms with Gasteiger partial charge in [0.05, 0.1) is 11.6 Å². The van der Waals surface area contributed by atoms with E-state index in [0.717, 1.165) is 27.0 Å². The number of nitrogens with zero attached hydrogens (tertiary/aromatic N) is 1. The number of nitrogens with two attached hydrogens (primary N) is 1. The molecular formula is C21H19ClN4OS. The SMILES string of the molecule is NCC(NC(=O)c1ccsc1Cc1ccnc2[nH]ccc12)c1cccc(Cl)c1. The number of H-pyrrole nitrogens is 1. The van der Waals surface area contributed by atoms with E-state index in [1.54, 1.807) is 23.6 Å². The zero-order chi connectivity index (χ0) is 19.5. The highest BCUT2D eigenvalue weighted by Gasteiger charge is 2.19. The van der Waals surface area contributed by atoms with Crippen molar-refractivity contribution in [2.24, 2.45) is 5.73 Å². The van der Waals surface area contributed by atoms with Crippen LogP contribution < -0.4 is 11.1 Å². The van der Waals surface area contributed by atoms with Gasteiger partial charge in [0.25, 0.3) is 5.91 Å². The Kier molecular flexibility index (Phi) is 5.43. The van der Waals surface area contributed by atoms with Gasteiger partial charge in [0.1, 0.15) is 5.65 Å². The number of amides is 1. The third kappa shape index (κ3) is 3.80. The van der Waals surface area contributed by atoms with Crippen LogP contribution in [0, 0.1) is 0 Å². The Labute approximate surface area is 171 Å². The molecule has 3 heterocycles. The highest BCUT2D eigenvalue weighted by molar-refractivity contribution is 7.10. The minimum Gasteiger partial charge on any atom is -0.346 e. The minimum absolute atomic E-state index is 0.133. The van der Waals surface area contributed by atoms with Gasteiger partial charge < -0.3 is 16.0 Å². The number of carbonyl (C=O) groups is 1. The van der Waals surface area contributed by atoms with Gasteiger partial charge >= 0.3 is 0 Å². The largest absolute Gasteiger partial charge is 0.346 e. The quantitative estimate of drug-likeness (QED) is 0.443. The van der Waals surface area contributed by atoms with E-state index in [2.05, 4.69) is 15.3 Å². The number of halogens is 1. The van der Waals surface area contributed by atoms with Crippen molar-refractivity contribution < 1.29 is 4.79 Å². The molecule has 4 rings (SSSR count). The molecular weight excluding hydrogens is 392 g/mol. The number of pyridine rings is 1. The van der Waals surface area contributed by atoms with Crippen LogP contribution in [0.4, 0.5) is 0 Å². The summed E-state index contributed by atoms with van der Waals surface area (Å²) in [7, 11) is 0. The summed E-state index contributed by atoms with van der Waals surface area (Å²) >= 11 is 7.65. The standard InChI is InChI=1S/C21H19ClN4OS/c22-15-3-1-2-14(10-15)18(12-23)26-21(27)17-6-9-28-19(17)11-13-4-7-24-20-16(13)5-8-25-20/h1-10,18H,11-12,23H2,(H,24,25)(H,26,27). The number of nitrogens with one attached hydrogen (secondary N) is 2. The van der Waals surface area contributed by atoms with Crippen molar-refractivity contribution in [3.8, 4) is 0 Å². The molecule has 28 heavy (non-hydrogen) atoms. The number of rotatable bonds is 6. The number of carbonyl (C=O) groups excluding carboxylic acids is 1. The lowest BCUT2D eigenvalue weighted by molar-refractivity contribution is 0.0937. The maximum atomic E-state index is 12.9. The fourth-order valence-electron chi connectivity index (χ4n) is 3.26. The third-order valence-electron chi connectivity index (χ3n) is 4.68. The van der Waals surface area contributed by atoms with Gasteiger partial charge in [0, 0.05) is 40.6 Å². The summed E-state index contributed by atoms with van der Waals surface area (Å²) in [5.41, 5.74) is 9.45. The summed E-state index contributed by atoms with van der Waals surface area (Å²) in [5.74, 6) is -0.133. The molecule has 1 unspecified atom stereocenters. The van der Waals surface area contributed by atoms with Gasteiger partial charge in [-0.05, 0) is 46.8 Å². The topological polar surface area (TPSA) is 83.8 Å². The molecule has 0 bridgehead atoms. The number of thiophene rings is 1. The first-order chi connectivity index (χ1) is 13.7. The van der Waals surface area contributed by atoms with Gasteiger partial charge in [-0.15, -0.1) is 11.3 Å². The van der Waals surface area contributed by atoms with E-state index < -0.39 is 0 Å². The molecule has 0 aliphatic heterocycles. The fraction of sp³-hybridized carbons (Fsp3) is 0.143. The van der Waals surface area contributed by atoms with Gasteiger partial charge in [-0.2, -0.15) is 0 Å². The number of benzene rings is 1. The minimum atomic E-state index is -0.295. The van der Waals surface area contributed by atoms with Crippen LogP contribution in [-0.4, -0.2) is 22.4 Å². The second kappa shape index (κ2) is 8.14. The van der Waals surface area contributed by atoms with E-state index in [0.29, 0.717) is 23.6 Å². The molecule has 0 saturated heterocycles. The molecule has 0 spiro atoms. The van der Waals surface area contributed by atoms with Crippen molar-refractivity contribution in [2.75, 3.05) is 6.54 Å². The maximum Gasteiger partial charge on any atom is 0.252 e. The van der Waals surface area contributed by atoms with Crippen LogP contribution in [0.5, 0.6) is 0 Å². The van der Waals surface area contributed by atoms with Crippen LogP contribution in [0.1, 0.15) is 32.4 Å². The molecule has 4 N–H and O–H groups in total. The monoisotopic (exact) mass is 410 g/mol. The van der Waals surface area contributed by atoms with Crippen LogP contribution >= 0.6 is 22.9 Å². The van der Waals surface area contributed by atoms with Crippen molar-refractivity contribution in [1.29, 1.82) is 0 Å². The second-order valence-electron chi connectivity index (χ2n) is 6.46. The summed E-state index contributed by atoms with van der Waals surface area (Å²) < 4.78 is 0. The van der Waals surface area contributed by atoms with Gasteiger partial charge in [-0.25, -0.2) is 4.98 Å². The lowest BCUT2D eigenvalue weighted by Crippen LogP contribution is -2.33. The van der Waals surface area contributed by atoms with E-state index in [9.17, 15) is 4.79 Å². The molecule has 1 aromatic carbocycles. The maximum absolute atomic E-state index is 12.9. The molecule has 0 saturated carbocycles. The summed E-state index contributed by atoms with van der Waals surface area (Å²) in [6.07, 6.45) is 4.33. The van der Waals surface area contributed by atoms with Crippen molar-refractivity contribution in [3.63, 3.8) is 0 Å². The Morgan fingerprint density at radius 3 is 3.00 bits per heavy atom. The summed E-state index contributed by atoms with van der Waals surface area (Å²) in [6.45, 7) is 0.292. The number of hydrogen-bond acceptors (Lipinski definition) is 4. The first-order valence-electron chi connectivity index (χ1n) is 8.89. The normalized spacial score (nSPS) is 12.2. The van der Waals surface area contributed by atoms with Gasteiger partial charge in [-0.1, -0.05) is 23.7 Å². The molecule has 7 heteroatoms. The Morgan fingerprint density at radius 2 is 2.18 bits per heavy atom. The van der Waals surface area contributed by atoms with Crippen molar-refractivity contribution in [2.45, 2.75) is 12.5 Å². The second-order valence-corrected chi connectivity index (χ2v) is 7.90. The average molecular weight is 411 g/mol. The fourth-order valence-corrected chi connectivity index (χ4v) is 4.36. The van der Waals surface area contributed by atoms with E-state index >= 15 is 0 Å². The molecule has 4 aromatic rings. The van der Waals surface area contributed by atoms with E-state index in [-0.39, 0.29) is 11.9 Å². The van der Waals surface area contributed by atoms with E-state index in [1.807, 2.05) is 48.0 Å². The summed E-state index contributed by atoms with van der Waals surface area (Å²) in [4.78, 5) is 21.4. The van der Waals surface area contributed by atoms with Crippen molar-refractivity contribution in [1.82, 2.24) is 15.3 Å². The van der Waals surface area contributed by atoms with Gasteiger partial charge in [0.15, 0.2) is 0 Å². The first kappa shape index (κ1) is 18.7. The van der Waals surface area contributed by atoms with Crippen molar-refractivity contribution >= 4 is 39.9 Å². The Hall–Kier alpha value is -2.67. The summed E-state index contributed by atoms with van der Waals surface area (Å²) in [5, 5.41) is 6.67. The number of aromatic amines is 1. The Morgan fingerprint density at radius 1 is 1.29 bits per heavy atom. The van der Waals surface area contributed by atoms with E-state index in [4.69, 9.17) is 17.3 Å².